The first-order chi connectivity index (χ1) is 30.6. The Bertz CT molecular complexity index is 2840. The average Bonchev–Trinajstić information content (AvgIpc) is 3.99. The van der Waals surface area contributed by atoms with Crippen LogP contribution in [0, 0.1) is 27.7 Å². The molecule has 3 heterocycles. The number of aromatic carboxylic acids is 1. The second-order valence-electron chi connectivity index (χ2n) is 14.0. The molecule has 0 aliphatic carbocycles. The number of nitrogens with one attached hydrogen (secondary N) is 1. The molecule has 1 amide bonds. The first-order valence-corrected chi connectivity index (χ1v) is 20.9. The summed E-state index contributed by atoms with van der Waals surface area (Å²) in [5.74, 6) is 2.90. The Labute approximate surface area is 369 Å². The number of sulfonamides is 1. The number of aryl methyl sites for hydroxylation is 4. The summed E-state index contributed by atoms with van der Waals surface area (Å²) in [7, 11) is 2.25. The van der Waals surface area contributed by atoms with Crippen LogP contribution < -0.4 is 33.1 Å². The van der Waals surface area contributed by atoms with E-state index in [0.717, 1.165) is 33.8 Å². The van der Waals surface area contributed by atoms with Gasteiger partial charge < -0.3 is 46.9 Å². The number of carbonyl (C=O) groups excluding carboxylic acids is 1. The molecule has 0 saturated carbocycles. The summed E-state index contributed by atoms with van der Waals surface area (Å²) in [5, 5.41) is 12.6. The number of nitrogens with zero attached hydrogens (tertiary/aromatic N) is 1. The molecule has 7 aromatic rings. The van der Waals surface area contributed by atoms with Crippen molar-refractivity contribution in [2.45, 2.75) is 45.8 Å². The third kappa shape index (κ3) is 10.7. The van der Waals surface area contributed by atoms with E-state index in [-0.39, 0.29) is 41.1 Å². The van der Waals surface area contributed by atoms with Crippen LogP contribution in [0.5, 0.6) is 34.5 Å². The van der Waals surface area contributed by atoms with Crippen LogP contribution >= 0.6 is 0 Å². The molecule has 0 aliphatic rings. The normalized spacial score (nSPS) is 10.9. The molecule has 0 spiro atoms. The zero-order valence-electron chi connectivity index (χ0n) is 36.3. The van der Waals surface area contributed by atoms with E-state index in [1.54, 1.807) is 42.3 Å². The lowest BCUT2D eigenvalue weighted by Crippen LogP contribution is -2.31. The van der Waals surface area contributed by atoms with Crippen molar-refractivity contribution in [3.8, 4) is 56.8 Å². The molecule has 2 N–H and O–H groups in total. The predicted octanol–water partition coefficient (Wildman–Crippen LogP) is 9.12. The maximum absolute atomic E-state index is 12.6. The van der Waals surface area contributed by atoms with E-state index in [9.17, 15) is 18.0 Å². The number of furan rings is 2. The van der Waals surface area contributed by atoms with Gasteiger partial charge in [0.1, 0.15) is 64.9 Å². The molecule has 0 radical (unpaired) electrons. The minimum atomic E-state index is -4.18. The van der Waals surface area contributed by atoms with Crippen molar-refractivity contribution >= 4 is 21.9 Å². The summed E-state index contributed by atoms with van der Waals surface area (Å²) in [6.45, 7) is 6.65. The molecule has 0 bridgehead atoms. The zero-order chi connectivity index (χ0) is 46.1. The van der Waals surface area contributed by atoms with Gasteiger partial charge in [-0.2, -0.15) is 0 Å². The lowest BCUT2D eigenvalue weighted by molar-refractivity contribution is 0.0660. The van der Waals surface area contributed by atoms with E-state index < -0.39 is 21.9 Å². The van der Waals surface area contributed by atoms with Crippen LogP contribution in [0.4, 0.5) is 0 Å². The number of aromatic nitrogens is 1. The van der Waals surface area contributed by atoms with Gasteiger partial charge in [-0.15, -0.1) is 0 Å². The summed E-state index contributed by atoms with van der Waals surface area (Å²) >= 11 is 0. The summed E-state index contributed by atoms with van der Waals surface area (Å²) < 4.78 is 75.8. The molecule has 0 aliphatic heterocycles. The highest BCUT2D eigenvalue weighted by atomic mass is 32.2. The molecule has 7 rings (SSSR count). The van der Waals surface area contributed by atoms with Crippen LogP contribution in [0.25, 0.3) is 22.3 Å². The SMILES string of the molecule is COc1ccc(-c2ccc(OCc3cc(C(=O)NS(=O)(=O)c4c(C)noc4C)oc3C)cc2)c(OC)c1.COc1ccc(-c2ccc(OCc3cc(C(=O)O)oc3C)cc2)c(OC)c1. The van der Waals surface area contributed by atoms with E-state index in [1.165, 1.54) is 26.0 Å². The Kier molecular flexibility index (Phi) is 14.3. The van der Waals surface area contributed by atoms with Crippen molar-refractivity contribution in [1.82, 2.24) is 9.88 Å². The van der Waals surface area contributed by atoms with E-state index in [0.29, 0.717) is 45.6 Å². The molecule has 64 heavy (non-hydrogen) atoms. The highest BCUT2D eigenvalue weighted by molar-refractivity contribution is 7.90. The van der Waals surface area contributed by atoms with E-state index >= 15 is 0 Å². The van der Waals surface area contributed by atoms with Crippen LogP contribution in [0.3, 0.4) is 0 Å². The van der Waals surface area contributed by atoms with Crippen molar-refractivity contribution in [1.29, 1.82) is 0 Å². The van der Waals surface area contributed by atoms with Gasteiger partial charge in [0.05, 0.1) is 28.4 Å². The quantitative estimate of drug-likeness (QED) is 0.0927. The Hall–Kier alpha value is -7.66. The standard InChI is InChI=1S/C26H26N2O8S.C21H20O6/c1-15-25(17(3)36-27-15)37(30,31)28-26(29)24-12-19(16(2)35-24)14-34-20-8-6-18(7-9-20)22-11-10-21(32-4)13-23(22)33-5;1-13-15(10-20(27-13)21(22)23)12-26-16-6-4-14(5-7-16)18-9-8-17(24-2)11-19(18)25-3/h6-13H,14H2,1-5H3,(H,28,29);4-11H,12H2,1-3H3,(H,22,23). The number of amides is 1. The van der Waals surface area contributed by atoms with Crippen LogP contribution in [0.15, 0.2) is 115 Å². The van der Waals surface area contributed by atoms with Gasteiger partial charge >= 0.3 is 11.9 Å². The van der Waals surface area contributed by atoms with Gasteiger partial charge in [-0.1, -0.05) is 29.4 Å². The molecular formula is C47H46N2O14S. The van der Waals surface area contributed by atoms with Gasteiger partial charge in [-0.05, 0) is 99.5 Å². The Morgan fingerprint density at radius 1 is 0.594 bits per heavy atom. The Morgan fingerprint density at radius 3 is 1.42 bits per heavy atom. The van der Waals surface area contributed by atoms with Gasteiger partial charge in [-0.25, -0.2) is 17.9 Å². The van der Waals surface area contributed by atoms with Gasteiger partial charge in [0.2, 0.25) is 5.76 Å². The van der Waals surface area contributed by atoms with Gasteiger partial charge in [0.15, 0.2) is 16.4 Å². The summed E-state index contributed by atoms with van der Waals surface area (Å²) in [4.78, 5) is 23.4. The number of rotatable bonds is 16. The van der Waals surface area contributed by atoms with Gasteiger partial charge in [0.25, 0.3) is 10.0 Å². The lowest BCUT2D eigenvalue weighted by atomic mass is 10.0. The van der Waals surface area contributed by atoms with Crippen molar-refractivity contribution in [3.63, 3.8) is 0 Å². The summed E-state index contributed by atoms with van der Waals surface area (Å²) in [5.41, 5.74) is 5.22. The molecule has 0 fully saturated rings. The number of hydrogen-bond acceptors (Lipinski definition) is 14. The molecule has 0 saturated heterocycles. The third-order valence-electron chi connectivity index (χ3n) is 9.88. The topological polar surface area (TPSA) is 208 Å². The number of hydrogen-bond donors (Lipinski definition) is 2. The largest absolute Gasteiger partial charge is 0.497 e. The third-order valence-corrected chi connectivity index (χ3v) is 11.5. The minimum Gasteiger partial charge on any atom is -0.497 e. The fourth-order valence-electron chi connectivity index (χ4n) is 6.48. The predicted molar refractivity (Wildman–Crippen MR) is 233 cm³/mol. The average molecular weight is 895 g/mol. The van der Waals surface area contributed by atoms with E-state index in [2.05, 4.69) is 5.16 Å². The van der Waals surface area contributed by atoms with E-state index in [1.807, 2.05) is 89.7 Å². The van der Waals surface area contributed by atoms with Crippen molar-refractivity contribution < 1.29 is 64.9 Å². The second-order valence-corrected chi connectivity index (χ2v) is 15.7. The molecule has 334 valence electrons. The summed E-state index contributed by atoms with van der Waals surface area (Å²) in [6, 6.07) is 29.2. The highest BCUT2D eigenvalue weighted by Crippen LogP contribution is 2.36. The number of methoxy groups -OCH3 is 4. The lowest BCUT2D eigenvalue weighted by Gasteiger charge is -2.11. The summed E-state index contributed by atoms with van der Waals surface area (Å²) in [6.07, 6.45) is 0. The Balaban J connectivity index is 0.000000223. The monoisotopic (exact) mass is 894 g/mol. The maximum Gasteiger partial charge on any atom is 0.371 e. The maximum atomic E-state index is 12.6. The molecule has 17 heteroatoms. The van der Waals surface area contributed by atoms with Crippen LogP contribution in [-0.2, 0) is 23.2 Å². The van der Waals surface area contributed by atoms with Gasteiger partial charge in [0, 0.05) is 34.4 Å². The number of carboxylic acids is 1. The number of carbonyl (C=O) groups is 2. The minimum absolute atomic E-state index is 0.0824. The number of carboxylic acid groups (broad SMARTS) is 1. The first kappa shape index (κ1) is 45.9. The first-order valence-electron chi connectivity index (χ1n) is 19.5. The fourth-order valence-corrected chi connectivity index (χ4v) is 7.77. The van der Waals surface area contributed by atoms with Crippen LogP contribution in [0.2, 0.25) is 0 Å². The smallest absolute Gasteiger partial charge is 0.371 e. The number of benzene rings is 4. The van der Waals surface area contributed by atoms with Crippen molar-refractivity contribution in [3.05, 3.63) is 143 Å². The zero-order valence-corrected chi connectivity index (χ0v) is 37.1. The van der Waals surface area contributed by atoms with Crippen molar-refractivity contribution in [2.24, 2.45) is 0 Å². The second kappa shape index (κ2) is 20.0. The fraction of sp³-hybridized carbons (Fsp3) is 0.213. The molecular weight excluding hydrogens is 849 g/mol. The molecule has 3 aromatic heterocycles. The Morgan fingerprint density at radius 2 is 1.03 bits per heavy atom. The molecule has 4 aromatic carbocycles. The molecule has 0 unspecified atom stereocenters. The number of ether oxygens (including phenoxy) is 6. The van der Waals surface area contributed by atoms with Crippen LogP contribution in [0.1, 0.15) is 55.2 Å². The molecule has 0 atom stereocenters. The van der Waals surface area contributed by atoms with Crippen molar-refractivity contribution in [2.75, 3.05) is 28.4 Å². The van der Waals surface area contributed by atoms with Gasteiger partial charge in [-0.3, -0.25) is 4.79 Å². The highest BCUT2D eigenvalue weighted by Gasteiger charge is 2.28. The molecule has 16 nitrogen and oxygen atoms in total. The van der Waals surface area contributed by atoms with Crippen LogP contribution in [-0.4, -0.2) is 59.0 Å². The van der Waals surface area contributed by atoms with E-state index in [4.69, 9.17) is 46.9 Å².